The summed E-state index contributed by atoms with van der Waals surface area (Å²) in [6, 6.07) is 9.56. The summed E-state index contributed by atoms with van der Waals surface area (Å²) in [5, 5.41) is 0. The normalized spacial score (nSPS) is 14.8. The van der Waals surface area contributed by atoms with E-state index in [-0.39, 0.29) is 23.3 Å². The van der Waals surface area contributed by atoms with Crippen LogP contribution in [-0.2, 0) is 11.2 Å². The van der Waals surface area contributed by atoms with Crippen LogP contribution >= 0.6 is 0 Å². The topological polar surface area (TPSA) is 55.6 Å². The summed E-state index contributed by atoms with van der Waals surface area (Å²) >= 11 is 0. The molecule has 27 heavy (non-hydrogen) atoms. The van der Waals surface area contributed by atoms with Crippen LogP contribution in [0.3, 0.4) is 0 Å². The minimum Gasteiger partial charge on any atom is -0.444 e. The monoisotopic (exact) mass is 374 g/mol. The van der Waals surface area contributed by atoms with Crippen molar-refractivity contribution in [1.82, 2.24) is 4.90 Å². The molecule has 1 aliphatic heterocycles. The van der Waals surface area contributed by atoms with Crippen molar-refractivity contribution in [2.24, 2.45) is 5.92 Å². The Bertz CT molecular complexity index is 856. The zero-order valence-corrected chi connectivity index (χ0v) is 15.8. The molecular formula is C21H24F2N2O2. The van der Waals surface area contributed by atoms with Gasteiger partial charge in [0.05, 0.1) is 5.69 Å². The number of halogens is 2. The van der Waals surface area contributed by atoms with Gasteiger partial charge < -0.3 is 15.4 Å². The third-order valence-electron chi connectivity index (χ3n) is 4.51. The van der Waals surface area contributed by atoms with Gasteiger partial charge in [0.1, 0.15) is 17.2 Å². The quantitative estimate of drug-likeness (QED) is 0.798. The minimum absolute atomic E-state index is 0.0825. The second kappa shape index (κ2) is 7.18. The number of carbonyl (C=O) groups excluding carboxylic acids is 1. The lowest BCUT2D eigenvalue weighted by molar-refractivity contribution is -0.000860. The highest BCUT2D eigenvalue weighted by molar-refractivity contribution is 5.72. The van der Waals surface area contributed by atoms with Crippen LogP contribution in [0.5, 0.6) is 0 Å². The maximum absolute atomic E-state index is 14.3. The lowest BCUT2D eigenvalue weighted by Crippen LogP contribution is -2.52. The standard InChI is InChI=1S/C21H24F2N2O2/c1-21(2,3)27-20(26)25-11-13(12-25)8-14-6-4-5-7-15(14)16-9-19(24)18(23)10-17(16)22/h4-7,9-10,13H,8,11-12,24H2,1-3H3. The summed E-state index contributed by atoms with van der Waals surface area (Å²) in [5.74, 6) is -1.14. The number of nitrogens with two attached hydrogens (primary N) is 1. The van der Waals surface area contributed by atoms with E-state index in [9.17, 15) is 13.6 Å². The van der Waals surface area contributed by atoms with Gasteiger partial charge in [-0.15, -0.1) is 0 Å². The Labute approximate surface area is 157 Å². The predicted octanol–water partition coefficient (Wildman–Crippen LogP) is 4.62. The van der Waals surface area contributed by atoms with Crippen molar-refractivity contribution in [2.75, 3.05) is 18.8 Å². The average Bonchev–Trinajstić information content (AvgIpc) is 2.52. The van der Waals surface area contributed by atoms with Crippen LogP contribution in [0.4, 0.5) is 19.3 Å². The minimum atomic E-state index is -0.763. The van der Waals surface area contributed by atoms with Gasteiger partial charge in [-0.3, -0.25) is 0 Å². The molecule has 1 aliphatic rings. The third-order valence-corrected chi connectivity index (χ3v) is 4.51. The molecule has 1 heterocycles. The van der Waals surface area contributed by atoms with Crippen LogP contribution in [0.15, 0.2) is 36.4 Å². The first-order valence-electron chi connectivity index (χ1n) is 8.95. The predicted molar refractivity (Wildman–Crippen MR) is 101 cm³/mol. The molecular weight excluding hydrogens is 350 g/mol. The molecule has 0 spiro atoms. The fraction of sp³-hybridized carbons (Fsp3) is 0.381. The molecule has 1 fully saturated rings. The Morgan fingerprint density at radius 3 is 2.48 bits per heavy atom. The van der Waals surface area contributed by atoms with Crippen molar-refractivity contribution >= 4 is 11.8 Å². The van der Waals surface area contributed by atoms with E-state index in [1.807, 2.05) is 39.0 Å². The number of carbonyl (C=O) groups is 1. The first kappa shape index (κ1) is 19.1. The second-order valence-corrected chi connectivity index (χ2v) is 7.97. The summed E-state index contributed by atoms with van der Waals surface area (Å²) in [6.07, 6.45) is 0.371. The summed E-state index contributed by atoms with van der Waals surface area (Å²) in [6.45, 7) is 6.69. The Morgan fingerprint density at radius 2 is 1.81 bits per heavy atom. The maximum Gasteiger partial charge on any atom is 0.410 e. The lowest BCUT2D eigenvalue weighted by Gasteiger charge is -2.40. The molecule has 0 aromatic heterocycles. The van der Waals surface area contributed by atoms with E-state index >= 15 is 0 Å². The van der Waals surface area contributed by atoms with Crippen molar-refractivity contribution in [3.05, 3.63) is 53.6 Å². The number of anilines is 1. The molecule has 0 saturated carbocycles. The second-order valence-electron chi connectivity index (χ2n) is 7.97. The van der Waals surface area contributed by atoms with Gasteiger partial charge in [-0.2, -0.15) is 0 Å². The van der Waals surface area contributed by atoms with Crippen molar-refractivity contribution in [3.63, 3.8) is 0 Å². The highest BCUT2D eigenvalue weighted by atomic mass is 19.1. The molecule has 4 nitrogen and oxygen atoms in total. The number of amides is 1. The molecule has 2 aromatic carbocycles. The summed E-state index contributed by atoms with van der Waals surface area (Å²) < 4.78 is 33.1. The van der Waals surface area contributed by atoms with Crippen molar-refractivity contribution in [2.45, 2.75) is 32.8 Å². The zero-order chi connectivity index (χ0) is 19.8. The van der Waals surface area contributed by atoms with Gasteiger partial charge in [0.2, 0.25) is 0 Å². The number of rotatable bonds is 3. The van der Waals surface area contributed by atoms with Crippen LogP contribution in [-0.4, -0.2) is 29.7 Å². The van der Waals surface area contributed by atoms with Gasteiger partial charge in [0.25, 0.3) is 0 Å². The van der Waals surface area contributed by atoms with E-state index in [1.54, 1.807) is 11.0 Å². The molecule has 0 bridgehead atoms. The van der Waals surface area contributed by atoms with E-state index in [2.05, 4.69) is 0 Å². The molecule has 2 N–H and O–H groups in total. The van der Waals surface area contributed by atoms with Gasteiger partial charge >= 0.3 is 6.09 Å². The van der Waals surface area contributed by atoms with E-state index in [0.717, 1.165) is 11.6 Å². The molecule has 1 amide bonds. The molecule has 0 aliphatic carbocycles. The molecule has 2 aromatic rings. The Morgan fingerprint density at radius 1 is 1.15 bits per heavy atom. The number of hydrogen-bond acceptors (Lipinski definition) is 3. The van der Waals surface area contributed by atoms with Crippen molar-refractivity contribution in [3.8, 4) is 11.1 Å². The maximum atomic E-state index is 14.3. The van der Waals surface area contributed by atoms with Crippen LogP contribution in [0.2, 0.25) is 0 Å². The molecule has 0 atom stereocenters. The van der Waals surface area contributed by atoms with Crippen molar-refractivity contribution < 1.29 is 18.3 Å². The first-order valence-corrected chi connectivity index (χ1v) is 8.95. The van der Waals surface area contributed by atoms with Gasteiger partial charge in [0, 0.05) is 24.7 Å². The van der Waals surface area contributed by atoms with Gasteiger partial charge in [-0.05, 0) is 50.3 Å². The number of benzene rings is 2. The van der Waals surface area contributed by atoms with Gasteiger partial charge in [-0.25, -0.2) is 13.6 Å². The first-order chi connectivity index (χ1) is 12.6. The Balaban J connectivity index is 1.72. The molecule has 6 heteroatoms. The van der Waals surface area contributed by atoms with E-state index in [4.69, 9.17) is 10.5 Å². The van der Waals surface area contributed by atoms with E-state index < -0.39 is 17.2 Å². The Hall–Kier alpha value is -2.63. The SMILES string of the molecule is CC(C)(C)OC(=O)N1CC(Cc2ccccc2-c2cc(N)c(F)cc2F)C1. The highest BCUT2D eigenvalue weighted by Crippen LogP contribution is 2.32. The summed E-state index contributed by atoms with van der Waals surface area (Å²) in [7, 11) is 0. The number of nitrogen functional groups attached to an aromatic ring is 1. The van der Waals surface area contributed by atoms with E-state index in [1.165, 1.54) is 6.07 Å². The van der Waals surface area contributed by atoms with Crippen LogP contribution in [0.25, 0.3) is 11.1 Å². The smallest absolute Gasteiger partial charge is 0.410 e. The number of hydrogen-bond donors (Lipinski definition) is 1. The Kier molecular flexibility index (Phi) is 5.09. The summed E-state index contributed by atoms with van der Waals surface area (Å²) in [4.78, 5) is 13.7. The fourth-order valence-electron chi connectivity index (χ4n) is 3.22. The van der Waals surface area contributed by atoms with Gasteiger partial charge in [-0.1, -0.05) is 24.3 Å². The van der Waals surface area contributed by atoms with Crippen LogP contribution < -0.4 is 5.73 Å². The molecule has 3 rings (SSSR count). The zero-order valence-electron chi connectivity index (χ0n) is 15.8. The third kappa shape index (κ3) is 4.38. The van der Waals surface area contributed by atoms with Crippen LogP contribution in [0, 0.1) is 17.6 Å². The van der Waals surface area contributed by atoms with Crippen LogP contribution in [0.1, 0.15) is 26.3 Å². The van der Waals surface area contributed by atoms with E-state index in [0.29, 0.717) is 25.1 Å². The van der Waals surface area contributed by atoms with Gasteiger partial charge in [0.15, 0.2) is 0 Å². The summed E-state index contributed by atoms with van der Waals surface area (Å²) in [5.41, 5.74) is 6.93. The molecule has 0 radical (unpaired) electrons. The number of likely N-dealkylation sites (tertiary alicyclic amines) is 1. The average molecular weight is 374 g/mol. The number of nitrogens with zero attached hydrogens (tertiary/aromatic N) is 1. The highest BCUT2D eigenvalue weighted by Gasteiger charge is 2.34. The lowest BCUT2D eigenvalue weighted by atomic mass is 9.88. The fourth-order valence-corrected chi connectivity index (χ4v) is 3.22. The number of ether oxygens (including phenoxy) is 1. The largest absolute Gasteiger partial charge is 0.444 e. The molecule has 1 saturated heterocycles. The van der Waals surface area contributed by atoms with Crippen molar-refractivity contribution in [1.29, 1.82) is 0 Å². The molecule has 0 unspecified atom stereocenters. The molecule has 144 valence electrons.